The number of ether oxygens (including phenoxy) is 1. The van der Waals surface area contributed by atoms with E-state index >= 15 is 0 Å². The van der Waals surface area contributed by atoms with Gasteiger partial charge in [0.25, 0.3) is 0 Å². The maximum Gasteiger partial charge on any atom is 0.144 e. The Morgan fingerprint density at radius 2 is 1.81 bits per heavy atom. The lowest BCUT2D eigenvalue weighted by Gasteiger charge is -2.12. The third-order valence-corrected chi connectivity index (χ3v) is 3.28. The number of methoxy groups -OCH3 is 1. The Morgan fingerprint density at radius 1 is 1.25 bits per heavy atom. The van der Waals surface area contributed by atoms with Gasteiger partial charge in [0, 0.05) is 6.21 Å². The van der Waals surface area contributed by atoms with E-state index in [4.69, 9.17) is 4.74 Å². The van der Waals surface area contributed by atoms with Crippen molar-refractivity contribution in [2.45, 2.75) is 25.5 Å². The van der Waals surface area contributed by atoms with Crippen molar-refractivity contribution in [3.8, 4) is 5.75 Å². The minimum atomic E-state index is -1.21. The molecule has 1 aromatic rings. The summed E-state index contributed by atoms with van der Waals surface area (Å²) in [6, 6.07) is 7.45. The fourth-order valence-corrected chi connectivity index (χ4v) is 1.49. The standard InChI is InChI=1S/C12H17NO2S/c1-12(2,3)16(14)13-9-10-5-7-11(15-4)8-6-10/h5-9H,1-4H3. The van der Waals surface area contributed by atoms with Crippen LogP contribution in [0.5, 0.6) is 5.75 Å². The molecule has 16 heavy (non-hydrogen) atoms. The molecule has 0 radical (unpaired) electrons. The van der Waals surface area contributed by atoms with Gasteiger partial charge in [-0.3, -0.25) is 0 Å². The van der Waals surface area contributed by atoms with Crippen LogP contribution in [0, 0.1) is 0 Å². The maximum absolute atomic E-state index is 11.6. The molecule has 0 saturated carbocycles. The summed E-state index contributed by atoms with van der Waals surface area (Å²) in [5.41, 5.74) is 0.915. The van der Waals surface area contributed by atoms with Gasteiger partial charge in [0.1, 0.15) is 16.7 Å². The number of nitrogens with zero attached hydrogens (tertiary/aromatic N) is 1. The summed E-state index contributed by atoms with van der Waals surface area (Å²) in [6.45, 7) is 5.69. The van der Waals surface area contributed by atoms with Gasteiger partial charge in [-0.2, -0.15) is 4.40 Å². The Hall–Kier alpha value is -1.16. The van der Waals surface area contributed by atoms with Crippen molar-refractivity contribution in [2.24, 2.45) is 4.40 Å². The van der Waals surface area contributed by atoms with Crippen molar-refractivity contribution >= 4 is 17.2 Å². The zero-order chi connectivity index (χ0) is 12.2. The highest BCUT2D eigenvalue weighted by molar-refractivity contribution is 7.85. The molecule has 0 fully saturated rings. The van der Waals surface area contributed by atoms with Gasteiger partial charge in [0.2, 0.25) is 0 Å². The zero-order valence-electron chi connectivity index (χ0n) is 10.1. The summed E-state index contributed by atoms with van der Waals surface area (Å²) in [4.78, 5) is 0. The van der Waals surface area contributed by atoms with Crippen LogP contribution in [-0.4, -0.2) is 22.3 Å². The molecule has 3 nitrogen and oxygen atoms in total. The molecule has 88 valence electrons. The van der Waals surface area contributed by atoms with E-state index < -0.39 is 11.0 Å². The monoisotopic (exact) mass is 239 g/mol. The number of rotatable bonds is 3. The molecule has 0 saturated heterocycles. The van der Waals surface area contributed by atoms with E-state index in [0.717, 1.165) is 11.3 Å². The molecule has 1 unspecified atom stereocenters. The van der Waals surface area contributed by atoms with Gasteiger partial charge in [-0.05, 0) is 50.6 Å². The Morgan fingerprint density at radius 3 is 2.25 bits per heavy atom. The summed E-state index contributed by atoms with van der Waals surface area (Å²) in [5, 5.41) is 0. The average molecular weight is 239 g/mol. The van der Waals surface area contributed by atoms with Crippen LogP contribution in [0.15, 0.2) is 28.7 Å². The molecule has 0 heterocycles. The van der Waals surface area contributed by atoms with Crippen molar-refractivity contribution in [1.82, 2.24) is 0 Å². The predicted molar refractivity (Wildman–Crippen MR) is 68.5 cm³/mol. The number of benzene rings is 1. The third-order valence-electron chi connectivity index (χ3n) is 1.94. The van der Waals surface area contributed by atoms with Gasteiger partial charge in [0.15, 0.2) is 0 Å². The lowest BCUT2D eigenvalue weighted by atomic mass is 10.2. The van der Waals surface area contributed by atoms with Gasteiger partial charge in [-0.25, -0.2) is 4.21 Å². The molecule has 0 spiro atoms. The van der Waals surface area contributed by atoms with Crippen LogP contribution >= 0.6 is 0 Å². The van der Waals surface area contributed by atoms with Crippen LogP contribution in [0.25, 0.3) is 0 Å². The Kier molecular flexibility index (Phi) is 4.24. The Labute approximate surface area is 99.1 Å². The van der Waals surface area contributed by atoms with Crippen LogP contribution in [0.1, 0.15) is 26.3 Å². The van der Waals surface area contributed by atoms with E-state index in [1.165, 1.54) is 0 Å². The Balaban J connectivity index is 2.73. The van der Waals surface area contributed by atoms with Crippen molar-refractivity contribution < 1.29 is 8.95 Å². The lowest BCUT2D eigenvalue weighted by Crippen LogP contribution is -2.19. The summed E-state index contributed by atoms with van der Waals surface area (Å²) in [5.74, 6) is 0.800. The fraction of sp³-hybridized carbons (Fsp3) is 0.417. The zero-order valence-corrected chi connectivity index (χ0v) is 10.9. The second-order valence-corrected chi connectivity index (χ2v) is 6.30. The molecule has 4 heteroatoms. The second-order valence-electron chi connectivity index (χ2n) is 4.37. The number of hydrogen-bond donors (Lipinski definition) is 0. The summed E-state index contributed by atoms with van der Waals surface area (Å²) in [6.07, 6.45) is 1.63. The molecule has 0 aromatic heterocycles. The lowest BCUT2D eigenvalue weighted by molar-refractivity contribution is 0.415. The van der Waals surface area contributed by atoms with E-state index in [9.17, 15) is 4.21 Å². The minimum Gasteiger partial charge on any atom is -0.497 e. The smallest absolute Gasteiger partial charge is 0.144 e. The Bertz CT molecular complexity index is 390. The van der Waals surface area contributed by atoms with E-state index in [1.807, 2.05) is 45.0 Å². The van der Waals surface area contributed by atoms with E-state index in [1.54, 1.807) is 13.3 Å². The highest BCUT2D eigenvalue weighted by Gasteiger charge is 2.17. The summed E-state index contributed by atoms with van der Waals surface area (Å²) < 4.78 is 20.4. The van der Waals surface area contributed by atoms with Gasteiger partial charge in [-0.15, -0.1) is 0 Å². The molecule has 0 N–H and O–H groups in total. The topological polar surface area (TPSA) is 38.7 Å². The minimum absolute atomic E-state index is 0.316. The molecular weight excluding hydrogens is 222 g/mol. The van der Waals surface area contributed by atoms with Gasteiger partial charge in [0.05, 0.1) is 11.9 Å². The van der Waals surface area contributed by atoms with Gasteiger partial charge >= 0.3 is 0 Å². The average Bonchev–Trinajstić information content (AvgIpc) is 2.25. The SMILES string of the molecule is COc1ccc(C=NS(=O)C(C)(C)C)cc1. The molecular formula is C12H17NO2S. The van der Waals surface area contributed by atoms with E-state index in [2.05, 4.69) is 4.40 Å². The van der Waals surface area contributed by atoms with Crippen molar-refractivity contribution in [3.63, 3.8) is 0 Å². The van der Waals surface area contributed by atoms with Crippen LogP contribution < -0.4 is 4.74 Å². The van der Waals surface area contributed by atoms with Crippen LogP contribution in [0.4, 0.5) is 0 Å². The van der Waals surface area contributed by atoms with Crippen molar-refractivity contribution in [3.05, 3.63) is 29.8 Å². The third kappa shape index (κ3) is 3.77. The molecule has 0 aliphatic carbocycles. The predicted octanol–water partition coefficient (Wildman–Crippen LogP) is 2.58. The molecule has 0 bridgehead atoms. The highest BCUT2D eigenvalue weighted by Crippen LogP contribution is 2.13. The van der Waals surface area contributed by atoms with Gasteiger partial charge in [-0.1, -0.05) is 0 Å². The van der Waals surface area contributed by atoms with Crippen LogP contribution in [0.3, 0.4) is 0 Å². The van der Waals surface area contributed by atoms with Crippen LogP contribution in [0.2, 0.25) is 0 Å². The first-order chi connectivity index (χ1) is 7.43. The van der Waals surface area contributed by atoms with E-state index in [-0.39, 0.29) is 4.75 Å². The van der Waals surface area contributed by atoms with E-state index in [0.29, 0.717) is 0 Å². The molecule has 1 aromatic carbocycles. The molecule has 0 amide bonds. The fourth-order valence-electron chi connectivity index (χ4n) is 0.957. The first kappa shape index (κ1) is 12.9. The van der Waals surface area contributed by atoms with Crippen LogP contribution in [-0.2, 0) is 11.0 Å². The largest absolute Gasteiger partial charge is 0.497 e. The van der Waals surface area contributed by atoms with Gasteiger partial charge < -0.3 is 4.74 Å². The highest BCUT2D eigenvalue weighted by atomic mass is 32.2. The van der Waals surface area contributed by atoms with Crippen molar-refractivity contribution in [1.29, 1.82) is 0 Å². The maximum atomic E-state index is 11.6. The molecule has 1 atom stereocenters. The second kappa shape index (κ2) is 5.25. The first-order valence-electron chi connectivity index (χ1n) is 5.03. The molecule has 0 aliphatic heterocycles. The first-order valence-corrected chi connectivity index (χ1v) is 6.14. The summed E-state index contributed by atoms with van der Waals surface area (Å²) in [7, 11) is 0.416. The quantitative estimate of drug-likeness (QED) is 0.760. The van der Waals surface area contributed by atoms with Crippen molar-refractivity contribution in [2.75, 3.05) is 7.11 Å². The molecule has 1 rings (SSSR count). The molecule has 0 aliphatic rings. The normalized spacial score (nSPS) is 14.0. The summed E-state index contributed by atoms with van der Waals surface area (Å²) >= 11 is 0. The number of hydrogen-bond acceptors (Lipinski definition) is 2.